The Morgan fingerprint density at radius 1 is 0.812 bits per heavy atom. The van der Waals surface area contributed by atoms with Gasteiger partial charge in [-0.15, -0.1) is 0 Å². The lowest BCUT2D eigenvalue weighted by Gasteiger charge is -2.42. The van der Waals surface area contributed by atoms with Crippen molar-refractivity contribution in [3.63, 3.8) is 0 Å². The van der Waals surface area contributed by atoms with Gasteiger partial charge in [0.2, 0.25) is 0 Å². The van der Waals surface area contributed by atoms with E-state index >= 15 is 0 Å². The van der Waals surface area contributed by atoms with Gasteiger partial charge in [0.1, 0.15) is 0 Å². The Bertz CT molecular complexity index is 338. The van der Waals surface area contributed by atoms with Gasteiger partial charge in [0.25, 0.3) is 0 Å². The summed E-state index contributed by atoms with van der Waals surface area (Å²) in [7, 11) is 2.40. The van der Waals surface area contributed by atoms with Crippen molar-refractivity contribution in [1.29, 1.82) is 0 Å². The van der Waals surface area contributed by atoms with Crippen molar-refractivity contribution < 1.29 is 0 Å². The Morgan fingerprint density at radius 3 is 2.38 bits per heavy atom. The average molecular weight is 217 g/mol. The summed E-state index contributed by atoms with van der Waals surface area (Å²) in [4.78, 5) is 2.72. The van der Waals surface area contributed by atoms with Crippen molar-refractivity contribution in [3.05, 3.63) is 0 Å². The van der Waals surface area contributed by atoms with Gasteiger partial charge >= 0.3 is 0 Å². The summed E-state index contributed by atoms with van der Waals surface area (Å²) in [6.07, 6.45) is 7.98. The Balaban J connectivity index is 1.57. The second kappa shape index (κ2) is 2.68. The van der Waals surface area contributed by atoms with Crippen molar-refractivity contribution in [3.8, 4) is 0 Å². The van der Waals surface area contributed by atoms with Gasteiger partial charge in [-0.2, -0.15) is 0 Å². The van der Waals surface area contributed by atoms with Crippen LogP contribution in [-0.4, -0.2) is 24.5 Å². The predicted molar refractivity (Wildman–Crippen MR) is 63.9 cm³/mol. The van der Waals surface area contributed by atoms with E-state index in [-0.39, 0.29) is 0 Å². The topological polar surface area (TPSA) is 3.24 Å². The van der Waals surface area contributed by atoms with E-state index in [0.29, 0.717) is 0 Å². The van der Waals surface area contributed by atoms with Crippen LogP contribution in [0.4, 0.5) is 0 Å². The van der Waals surface area contributed by atoms with Gasteiger partial charge in [0.05, 0.1) is 0 Å². The van der Waals surface area contributed by atoms with Crippen LogP contribution in [0.2, 0.25) is 0 Å². The van der Waals surface area contributed by atoms with Gasteiger partial charge in [-0.1, -0.05) is 0 Å². The van der Waals surface area contributed by atoms with Crippen LogP contribution in [0.5, 0.6) is 0 Å². The predicted octanol–water partition coefficient (Wildman–Crippen LogP) is 2.62. The molecule has 1 heterocycles. The van der Waals surface area contributed by atoms with Crippen molar-refractivity contribution in [2.75, 3.05) is 13.6 Å². The molecule has 0 aromatic heterocycles. The van der Waals surface area contributed by atoms with Gasteiger partial charge in [0, 0.05) is 6.04 Å². The maximum absolute atomic E-state index is 2.72. The molecule has 0 spiro atoms. The Morgan fingerprint density at radius 2 is 1.56 bits per heavy atom. The van der Waals surface area contributed by atoms with Crippen LogP contribution in [0.25, 0.3) is 0 Å². The lowest BCUT2D eigenvalue weighted by molar-refractivity contribution is 0.0628. The Hall–Kier alpha value is -0.0400. The molecule has 5 fully saturated rings. The number of fused-ring (bicyclic) bond motifs is 12. The summed E-state index contributed by atoms with van der Waals surface area (Å²) < 4.78 is 0. The highest BCUT2D eigenvalue weighted by Gasteiger charge is 2.66. The van der Waals surface area contributed by atoms with Gasteiger partial charge in [0.15, 0.2) is 0 Å². The number of likely N-dealkylation sites (tertiary alicyclic amines) is 1. The van der Waals surface area contributed by atoms with Crippen molar-refractivity contribution in [1.82, 2.24) is 4.90 Å². The maximum Gasteiger partial charge on any atom is 0.0155 e. The first-order chi connectivity index (χ1) is 7.84. The van der Waals surface area contributed by atoms with E-state index in [4.69, 9.17) is 0 Å². The van der Waals surface area contributed by atoms with E-state index in [1.54, 1.807) is 25.7 Å². The molecular weight excluding hydrogens is 194 g/mol. The number of nitrogens with zero attached hydrogens (tertiary/aromatic N) is 1. The van der Waals surface area contributed by atoms with Crippen LogP contribution in [0.15, 0.2) is 0 Å². The third-order valence-electron chi connectivity index (χ3n) is 7.33. The monoisotopic (exact) mass is 217 g/mol. The summed E-state index contributed by atoms with van der Waals surface area (Å²) >= 11 is 0. The third kappa shape index (κ3) is 0.805. The van der Waals surface area contributed by atoms with Gasteiger partial charge in [-0.25, -0.2) is 0 Å². The fourth-order valence-electron chi connectivity index (χ4n) is 7.22. The van der Waals surface area contributed by atoms with E-state index in [1.165, 1.54) is 42.6 Å². The number of hydrogen-bond donors (Lipinski definition) is 0. The summed E-state index contributed by atoms with van der Waals surface area (Å²) in [6, 6.07) is 1.02. The van der Waals surface area contributed by atoms with E-state index in [0.717, 1.165) is 17.9 Å². The lowest BCUT2D eigenvalue weighted by Crippen LogP contribution is -2.43. The highest BCUT2D eigenvalue weighted by molar-refractivity contribution is 5.16. The third-order valence-corrected chi connectivity index (χ3v) is 7.33. The fraction of sp³-hybridized carbons (Fsp3) is 1.00. The molecule has 1 nitrogen and oxygen atoms in total. The zero-order valence-electron chi connectivity index (χ0n) is 10.3. The molecule has 8 unspecified atom stereocenters. The first kappa shape index (κ1) is 8.97. The van der Waals surface area contributed by atoms with E-state index < -0.39 is 0 Å². The number of hydrogen-bond acceptors (Lipinski definition) is 1. The first-order valence-corrected chi connectivity index (χ1v) is 7.55. The molecule has 5 rings (SSSR count). The first-order valence-electron chi connectivity index (χ1n) is 7.55. The summed E-state index contributed by atoms with van der Waals surface area (Å²) in [6.45, 7) is 1.40. The molecule has 8 atom stereocenters. The molecule has 1 aliphatic heterocycles. The second-order valence-electron chi connectivity index (χ2n) is 7.48. The zero-order valence-corrected chi connectivity index (χ0v) is 10.3. The zero-order chi connectivity index (χ0) is 10.4. The Kier molecular flexibility index (Phi) is 1.50. The molecule has 0 aromatic rings. The minimum atomic E-state index is 1.02. The smallest absolute Gasteiger partial charge is 0.0155 e. The molecule has 4 bridgehead atoms. The number of rotatable bonds is 0. The van der Waals surface area contributed by atoms with Gasteiger partial charge < -0.3 is 4.90 Å². The van der Waals surface area contributed by atoms with Crippen LogP contribution in [0, 0.1) is 41.4 Å². The molecule has 88 valence electrons. The molecule has 4 saturated carbocycles. The van der Waals surface area contributed by atoms with Gasteiger partial charge in [-0.3, -0.25) is 0 Å². The van der Waals surface area contributed by atoms with Crippen molar-refractivity contribution in [2.24, 2.45) is 41.4 Å². The molecule has 0 radical (unpaired) electrons. The maximum atomic E-state index is 2.72. The average Bonchev–Trinajstić information content (AvgIpc) is 2.99. The normalized spacial score (nSPS) is 66.6. The molecule has 5 aliphatic rings. The van der Waals surface area contributed by atoms with Crippen molar-refractivity contribution in [2.45, 2.75) is 38.1 Å². The second-order valence-corrected chi connectivity index (χ2v) is 7.48. The van der Waals surface area contributed by atoms with E-state index in [9.17, 15) is 0 Å². The van der Waals surface area contributed by atoms with Crippen LogP contribution < -0.4 is 0 Å². The molecular formula is C15H23N. The van der Waals surface area contributed by atoms with E-state index in [1.807, 2.05) is 0 Å². The minimum Gasteiger partial charge on any atom is -0.303 e. The summed E-state index contributed by atoms with van der Waals surface area (Å²) in [5.41, 5.74) is 0. The SMILES string of the molecule is CN1CCC2C3CC(C4C5CCC(C5)C34)C21. The summed E-state index contributed by atoms with van der Waals surface area (Å²) in [5, 5.41) is 0. The fourth-order valence-corrected chi connectivity index (χ4v) is 7.22. The Labute approximate surface area is 98.6 Å². The lowest BCUT2D eigenvalue weighted by atomic mass is 9.66. The molecule has 16 heavy (non-hydrogen) atoms. The van der Waals surface area contributed by atoms with Gasteiger partial charge in [-0.05, 0) is 87.1 Å². The highest BCUT2D eigenvalue weighted by atomic mass is 15.2. The largest absolute Gasteiger partial charge is 0.303 e. The van der Waals surface area contributed by atoms with Crippen LogP contribution in [0.3, 0.4) is 0 Å². The highest BCUT2D eigenvalue weighted by Crippen LogP contribution is 2.70. The molecule has 0 aromatic carbocycles. The van der Waals surface area contributed by atoms with Crippen molar-refractivity contribution >= 4 is 0 Å². The van der Waals surface area contributed by atoms with Crippen LogP contribution in [0.1, 0.15) is 32.1 Å². The molecule has 0 amide bonds. The quantitative estimate of drug-likeness (QED) is 0.564. The molecule has 0 N–H and O–H groups in total. The van der Waals surface area contributed by atoms with Crippen LogP contribution >= 0.6 is 0 Å². The van der Waals surface area contributed by atoms with Crippen LogP contribution in [-0.2, 0) is 0 Å². The van der Waals surface area contributed by atoms with E-state index in [2.05, 4.69) is 11.9 Å². The molecule has 1 heteroatoms. The standard InChI is InChI=1S/C15H23N/c1-16-5-4-10-11-7-12(15(10)16)14-9-3-2-8(6-9)13(11)14/h8-15H,2-7H2,1H3. The molecule has 4 aliphatic carbocycles. The minimum absolute atomic E-state index is 1.02. The summed E-state index contributed by atoms with van der Waals surface area (Å²) in [5.74, 6) is 8.15. The molecule has 1 saturated heterocycles.